The van der Waals surface area contributed by atoms with Crippen LogP contribution in [-0.4, -0.2) is 17.4 Å². The molecular formula is C15H23NO2. The first kappa shape index (κ1) is 14.7. The molecule has 1 rings (SSSR count). The molecule has 3 heteroatoms. The van der Waals surface area contributed by atoms with Gasteiger partial charge < -0.3 is 15.3 Å². The van der Waals surface area contributed by atoms with Gasteiger partial charge in [-0.05, 0) is 30.5 Å². The van der Waals surface area contributed by atoms with Crippen molar-refractivity contribution in [1.82, 2.24) is 0 Å². The number of ether oxygens (including phenoxy) is 1. The van der Waals surface area contributed by atoms with Gasteiger partial charge in [0.25, 0.3) is 0 Å². The molecular weight excluding hydrogens is 226 g/mol. The van der Waals surface area contributed by atoms with Gasteiger partial charge in [-0.15, -0.1) is 0 Å². The summed E-state index contributed by atoms with van der Waals surface area (Å²) < 4.78 is 5.56. The van der Waals surface area contributed by atoms with Gasteiger partial charge in [-0.2, -0.15) is 0 Å². The number of unbranched alkanes of at least 4 members (excludes halogenated alkanes) is 2. The zero-order valence-corrected chi connectivity index (χ0v) is 11.1. The van der Waals surface area contributed by atoms with E-state index in [2.05, 4.69) is 6.92 Å². The first-order chi connectivity index (χ1) is 8.76. The molecule has 1 aromatic rings. The third-order valence-corrected chi connectivity index (χ3v) is 2.86. The molecule has 1 aromatic carbocycles. The van der Waals surface area contributed by atoms with Gasteiger partial charge in [0.15, 0.2) is 0 Å². The molecule has 0 saturated carbocycles. The SMILES string of the molecule is CCCCCC(=N)CCOc1ccc(CO)cc1. The highest BCUT2D eigenvalue weighted by atomic mass is 16.5. The van der Waals surface area contributed by atoms with Crippen LogP contribution in [0, 0.1) is 5.41 Å². The maximum atomic E-state index is 8.91. The Kier molecular flexibility index (Phi) is 7.11. The first-order valence-corrected chi connectivity index (χ1v) is 6.65. The minimum Gasteiger partial charge on any atom is -0.493 e. The van der Waals surface area contributed by atoms with E-state index < -0.39 is 0 Å². The summed E-state index contributed by atoms with van der Waals surface area (Å²) in [7, 11) is 0. The lowest BCUT2D eigenvalue weighted by Crippen LogP contribution is -2.05. The topological polar surface area (TPSA) is 53.3 Å². The molecule has 0 aliphatic heterocycles. The second-order valence-corrected chi connectivity index (χ2v) is 4.46. The number of hydrogen-bond acceptors (Lipinski definition) is 3. The summed E-state index contributed by atoms with van der Waals surface area (Å²) in [4.78, 5) is 0. The Morgan fingerprint density at radius 2 is 1.89 bits per heavy atom. The zero-order valence-electron chi connectivity index (χ0n) is 11.1. The van der Waals surface area contributed by atoms with Gasteiger partial charge in [-0.25, -0.2) is 0 Å². The van der Waals surface area contributed by atoms with Gasteiger partial charge >= 0.3 is 0 Å². The van der Waals surface area contributed by atoms with Crippen molar-refractivity contribution in [2.75, 3.05) is 6.61 Å². The molecule has 0 spiro atoms. The number of nitrogens with one attached hydrogen (secondary N) is 1. The number of benzene rings is 1. The van der Waals surface area contributed by atoms with Crippen LogP contribution in [0.3, 0.4) is 0 Å². The van der Waals surface area contributed by atoms with Crippen molar-refractivity contribution >= 4 is 5.71 Å². The molecule has 2 N–H and O–H groups in total. The summed E-state index contributed by atoms with van der Waals surface area (Å²) in [5, 5.41) is 16.7. The lowest BCUT2D eigenvalue weighted by Gasteiger charge is -2.07. The third-order valence-electron chi connectivity index (χ3n) is 2.86. The Hall–Kier alpha value is -1.35. The number of aliphatic hydroxyl groups excluding tert-OH is 1. The van der Waals surface area contributed by atoms with Gasteiger partial charge in [0.1, 0.15) is 5.75 Å². The Balaban J connectivity index is 2.18. The van der Waals surface area contributed by atoms with Gasteiger partial charge in [0.2, 0.25) is 0 Å². The molecule has 0 saturated heterocycles. The van der Waals surface area contributed by atoms with E-state index in [1.165, 1.54) is 12.8 Å². The molecule has 0 amide bonds. The van der Waals surface area contributed by atoms with Crippen LogP contribution in [0.2, 0.25) is 0 Å². The van der Waals surface area contributed by atoms with Crippen LogP contribution in [0.5, 0.6) is 5.75 Å². The molecule has 0 aromatic heterocycles. The van der Waals surface area contributed by atoms with Crippen LogP contribution in [0.1, 0.15) is 44.6 Å². The van der Waals surface area contributed by atoms with Crippen molar-refractivity contribution < 1.29 is 9.84 Å². The second-order valence-electron chi connectivity index (χ2n) is 4.46. The van der Waals surface area contributed by atoms with E-state index in [-0.39, 0.29) is 6.61 Å². The fourth-order valence-electron chi connectivity index (χ4n) is 1.70. The number of aliphatic hydroxyl groups is 1. The van der Waals surface area contributed by atoms with Crippen molar-refractivity contribution in [2.45, 2.75) is 45.6 Å². The molecule has 0 unspecified atom stereocenters. The molecule has 0 bridgehead atoms. The zero-order chi connectivity index (χ0) is 13.2. The summed E-state index contributed by atoms with van der Waals surface area (Å²) in [5.41, 5.74) is 1.66. The Morgan fingerprint density at radius 1 is 1.17 bits per heavy atom. The van der Waals surface area contributed by atoms with Crippen molar-refractivity contribution in [2.24, 2.45) is 0 Å². The van der Waals surface area contributed by atoms with Crippen LogP contribution in [0.25, 0.3) is 0 Å². The van der Waals surface area contributed by atoms with E-state index in [9.17, 15) is 0 Å². The van der Waals surface area contributed by atoms with Crippen molar-refractivity contribution in [3.8, 4) is 5.75 Å². The van der Waals surface area contributed by atoms with E-state index in [1.54, 1.807) is 0 Å². The highest BCUT2D eigenvalue weighted by Gasteiger charge is 1.99. The molecule has 0 atom stereocenters. The first-order valence-electron chi connectivity index (χ1n) is 6.65. The van der Waals surface area contributed by atoms with Crippen LogP contribution in [0.15, 0.2) is 24.3 Å². The van der Waals surface area contributed by atoms with Crippen LogP contribution in [0.4, 0.5) is 0 Å². The minimum absolute atomic E-state index is 0.0579. The highest BCUT2D eigenvalue weighted by Crippen LogP contribution is 2.12. The lowest BCUT2D eigenvalue weighted by molar-refractivity contribution is 0.281. The third kappa shape index (κ3) is 5.82. The Labute approximate surface area is 109 Å². The normalized spacial score (nSPS) is 10.3. The maximum Gasteiger partial charge on any atom is 0.119 e. The summed E-state index contributed by atoms with van der Waals surface area (Å²) >= 11 is 0. The average Bonchev–Trinajstić information content (AvgIpc) is 2.40. The van der Waals surface area contributed by atoms with E-state index in [0.29, 0.717) is 13.0 Å². The summed E-state index contributed by atoms with van der Waals surface area (Å²) in [6.07, 6.45) is 5.10. The quantitative estimate of drug-likeness (QED) is 0.519. The van der Waals surface area contributed by atoms with Gasteiger partial charge in [0, 0.05) is 12.1 Å². The van der Waals surface area contributed by atoms with Gasteiger partial charge in [0.05, 0.1) is 13.2 Å². The van der Waals surface area contributed by atoms with Crippen LogP contribution < -0.4 is 4.74 Å². The molecule has 0 aliphatic rings. The van der Waals surface area contributed by atoms with Gasteiger partial charge in [-0.1, -0.05) is 31.9 Å². The Morgan fingerprint density at radius 3 is 2.50 bits per heavy atom. The molecule has 0 aliphatic carbocycles. The number of rotatable bonds is 9. The Bertz CT molecular complexity index is 346. The lowest BCUT2D eigenvalue weighted by atomic mass is 10.1. The largest absolute Gasteiger partial charge is 0.493 e. The van der Waals surface area contributed by atoms with Crippen LogP contribution in [-0.2, 0) is 6.61 Å². The van der Waals surface area contributed by atoms with Crippen molar-refractivity contribution in [3.05, 3.63) is 29.8 Å². The molecule has 18 heavy (non-hydrogen) atoms. The maximum absolute atomic E-state index is 8.91. The summed E-state index contributed by atoms with van der Waals surface area (Å²) in [5.74, 6) is 0.800. The van der Waals surface area contributed by atoms with E-state index in [0.717, 1.165) is 29.9 Å². The standard InChI is InChI=1S/C15H23NO2/c1-2-3-4-5-14(16)10-11-18-15-8-6-13(12-17)7-9-15/h6-9,16-17H,2-5,10-12H2,1H3. The van der Waals surface area contributed by atoms with Crippen molar-refractivity contribution in [3.63, 3.8) is 0 Å². The summed E-state index contributed by atoms with van der Waals surface area (Å²) in [6.45, 7) is 2.79. The van der Waals surface area contributed by atoms with Gasteiger partial charge in [-0.3, -0.25) is 0 Å². The fourth-order valence-corrected chi connectivity index (χ4v) is 1.70. The predicted octanol–water partition coefficient (Wildman–Crippen LogP) is 3.55. The highest BCUT2D eigenvalue weighted by molar-refractivity contribution is 5.81. The number of hydrogen-bond donors (Lipinski definition) is 2. The molecule has 100 valence electrons. The van der Waals surface area contributed by atoms with Crippen molar-refractivity contribution in [1.29, 1.82) is 5.41 Å². The summed E-state index contributed by atoms with van der Waals surface area (Å²) in [6, 6.07) is 7.41. The van der Waals surface area contributed by atoms with E-state index in [4.69, 9.17) is 15.3 Å². The second kappa shape index (κ2) is 8.70. The predicted molar refractivity (Wildman–Crippen MR) is 74.3 cm³/mol. The smallest absolute Gasteiger partial charge is 0.119 e. The molecule has 3 nitrogen and oxygen atoms in total. The molecule has 0 radical (unpaired) electrons. The minimum atomic E-state index is 0.0579. The monoisotopic (exact) mass is 249 g/mol. The fraction of sp³-hybridized carbons (Fsp3) is 0.533. The van der Waals surface area contributed by atoms with E-state index >= 15 is 0 Å². The van der Waals surface area contributed by atoms with Crippen LogP contribution >= 0.6 is 0 Å². The molecule has 0 fully saturated rings. The average molecular weight is 249 g/mol. The van der Waals surface area contributed by atoms with E-state index in [1.807, 2.05) is 24.3 Å². The molecule has 0 heterocycles.